The van der Waals surface area contributed by atoms with Crippen LogP contribution in [0.3, 0.4) is 0 Å². The summed E-state index contributed by atoms with van der Waals surface area (Å²) in [5, 5.41) is 0. The van der Waals surface area contributed by atoms with Crippen molar-refractivity contribution in [2.24, 2.45) is 0 Å². The van der Waals surface area contributed by atoms with Gasteiger partial charge in [-0.25, -0.2) is 0 Å². The molecule has 0 amide bonds. The van der Waals surface area contributed by atoms with Gasteiger partial charge in [-0.3, -0.25) is 0 Å². The van der Waals surface area contributed by atoms with E-state index in [1.807, 2.05) is 0 Å². The van der Waals surface area contributed by atoms with Crippen LogP contribution >= 0.6 is 0 Å². The fraction of sp³-hybridized carbons (Fsp3) is 0. The molecule has 0 saturated carbocycles. The molecule has 0 aromatic carbocycles. The van der Waals surface area contributed by atoms with E-state index in [-0.39, 0.29) is 48.9 Å². The van der Waals surface area contributed by atoms with Crippen molar-refractivity contribution in [3.05, 3.63) is 0 Å². The molecule has 0 fully saturated rings. The summed E-state index contributed by atoms with van der Waals surface area (Å²) in [7, 11) is -5.72. The Morgan fingerprint density at radius 2 is 0.778 bits per heavy atom. The summed E-state index contributed by atoms with van der Waals surface area (Å²) >= 11 is 0. The molecule has 0 aromatic heterocycles. The van der Waals surface area contributed by atoms with Gasteiger partial charge in [-0.15, -0.1) is 0 Å². The smallest absolute Gasteiger partial charge is 0.439 e. The van der Waals surface area contributed by atoms with Crippen molar-refractivity contribution >= 4 is 70.9 Å². The van der Waals surface area contributed by atoms with Crippen LogP contribution in [0.25, 0.3) is 0 Å². The van der Waals surface area contributed by atoms with E-state index < -0.39 is 22.0 Å². The topological polar surface area (TPSA) is 109 Å². The van der Waals surface area contributed by atoms with Gasteiger partial charge in [0.1, 0.15) is 0 Å². The number of hydrogen-bond donors (Lipinski definition) is 2. The third-order valence-electron chi connectivity index (χ3n) is 0. The maximum absolute atomic E-state index is 8.56. The van der Waals surface area contributed by atoms with Crippen LogP contribution in [-0.2, 0) is 38.8 Å². The van der Waals surface area contributed by atoms with Gasteiger partial charge in [-0.05, 0) is 0 Å². The van der Waals surface area contributed by atoms with Crippen molar-refractivity contribution in [3.63, 3.8) is 0 Å². The minimum atomic E-state index is -2.86. The molecule has 9 heteroatoms. The summed E-state index contributed by atoms with van der Waals surface area (Å²) in [4.78, 5) is 0. The van der Waals surface area contributed by atoms with E-state index in [1.165, 1.54) is 0 Å². The minimum absolute atomic E-state index is 0. The van der Waals surface area contributed by atoms with Crippen molar-refractivity contribution < 1.29 is 25.9 Å². The molecule has 0 radical (unpaired) electrons. The standard InChI is InChI=1S/Ba.2HO3S/c;2*1-4(2)3/h;2*(H,1,2,3)/q+2;2*-1. The van der Waals surface area contributed by atoms with Crippen LogP contribution in [0, 0.1) is 0 Å². The number of hydrogen-bond acceptors (Lipinski definition) is 6. The average Bonchev–Trinajstić information content (AvgIpc) is 1.25. The monoisotopic (exact) mass is 300 g/mol. The van der Waals surface area contributed by atoms with E-state index in [0.29, 0.717) is 0 Å². The molecule has 0 aliphatic rings. The Labute approximate surface area is 95.3 Å². The minimum Gasteiger partial charge on any atom is -0.439 e. The molecule has 2 N–H and O–H groups in total. The van der Waals surface area contributed by atoms with Crippen molar-refractivity contribution in [1.82, 2.24) is 0 Å². The quantitative estimate of drug-likeness (QED) is 0.261. The second-order valence-electron chi connectivity index (χ2n) is 0.434. The Morgan fingerprint density at radius 1 is 0.778 bits per heavy atom. The zero-order valence-electron chi connectivity index (χ0n) is 4.05. The van der Waals surface area contributed by atoms with Crippen LogP contribution in [0.15, 0.2) is 0 Å². The van der Waals surface area contributed by atoms with E-state index in [0.717, 1.165) is 0 Å². The average molecular weight is 299 g/mol. The molecule has 0 unspecified atom stereocenters. The van der Waals surface area contributed by atoms with Crippen molar-refractivity contribution in [2.45, 2.75) is 0 Å². The van der Waals surface area contributed by atoms with Gasteiger partial charge in [-0.1, -0.05) is 0 Å². The molecule has 6 nitrogen and oxygen atoms in total. The van der Waals surface area contributed by atoms with Crippen LogP contribution < -0.4 is 0 Å². The molecule has 9 heavy (non-hydrogen) atoms. The van der Waals surface area contributed by atoms with E-state index in [1.54, 1.807) is 0 Å². The van der Waals surface area contributed by atoms with Crippen LogP contribution in [0.5, 0.6) is 0 Å². The first-order chi connectivity index (χ1) is 3.46. The van der Waals surface area contributed by atoms with Gasteiger partial charge < -0.3 is 25.9 Å². The molecule has 0 bridgehead atoms. The third kappa shape index (κ3) is 265. The fourth-order valence-electron chi connectivity index (χ4n) is 0. The SMILES string of the molecule is O=[S-](=O)O.O=[S-](=O)O.[Ba+2]. The van der Waals surface area contributed by atoms with Crippen molar-refractivity contribution in [1.29, 1.82) is 0 Å². The summed E-state index contributed by atoms with van der Waals surface area (Å²) in [6.07, 6.45) is 0. The summed E-state index contributed by atoms with van der Waals surface area (Å²) < 4.78 is 48.2. The molecule has 0 spiro atoms. The maximum Gasteiger partial charge on any atom is 2.00 e. The summed E-state index contributed by atoms with van der Waals surface area (Å²) in [6, 6.07) is 0. The Balaban J connectivity index is -0.0000000720. The molecular weight excluding hydrogens is 297 g/mol. The van der Waals surface area contributed by atoms with E-state index in [9.17, 15) is 0 Å². The normalized spacial score (nSPS) is 7.56. The second kappa shape index (κ2) is 12.1. The first-order valence-electron chi connectivity index (χ1n) is 1.03. The molecule has 0 rings (SSSR count). The summed E-state index contributed by atoms with van der Waals surface area (Å²) in [5.41, 5.74) is 0. The van der Waals surface area contributed by atoms with Gasteiger partial charge in [0.15, 0.2) is 0 Å². The van der Waals surface area contributed by atoms with Crippen LogP contribution in [0.2, 0.25) is 0 Å². The molecule has 52 valence electrons. The van der Waals surface area contributed by atoms with Crippen LogP contribution in [-0.4, -0.2) is 58.0 Å². The Bertz CT molecular complexity index is 128. The Hall–Kier alpha value is 1.39. The largest absolute Gasteiger partial charge is 2.00 e. The van der Waals surface area contributed by atoms with E-state index in [4.69, 9.17) is 25.9 Å². The molecule has 0 aliphatic heterocycles. The summed E-state index contributed by atoms with van der Waals surface area (Å²) in [5.74, 6) is 0. The molecule has 0 saturated heterocycles. The molecule has 0 aromatic rings. The van der Waals surface area contributed by atoms with E-state index >= 15 is 0 Å². The molecule has 0 heterocycles. The van der Waals surface area contributed by atoms with Gasteiger partial charge in [0.05, 0.1) is 0 Å². The van der Waals surface area contributed by atoms with Crippen molar-refractivity contribution in [2.75, 3.05) is 0 Å². The van der Waals surface area contributed by atoms with Gasteiger partial charge in [-0.2, -0.15) is 0 Å². The summed E-state index contributed by atoms with van der Waals surface area (Å²) in [6.45, 7) is 0. The fourth-order valence-corrected chi connectivity index (χ4v) is 0. The maximum atomic E-state index is 8.56. The van der Waals surface area contributed by atoms with Crippen LogP contribution in [0.1, 0.15) is 0 Å². The molecule has 0 atom stereocenters. The Morgan fingerprint density at radius 3 is 0.778 bits per heavy atom. The second-order valence-corrected chi connectivity index (χ2v) is 1.30. The first kappa shape index (κ1) is 16.8. The zero-order valence-corrected chi connectivity index (χ0v) is 10.1. The van der Waals surface area contributed by atoms with Crippen LogP contribution in [0.4, 0.5) is 0 Å². The van der Waals surface area contributed by atoms with E-state index in [2.05, 4.69) is 0 Å². The zero-order chi connectivity index (χ0) is 7.15. The first-order valence-corrected chi connectivity index (χ1v) is 3.10. The predicted molar refractivity (Wildman–Crippen MR) is 28.5 cm³/mol. The molecule has 0 aliphatic carbocycles. The third-order valence-corrected chi connectivity index (χ3v) is 0. The van der Waals surface area contributed by atoms with Gasteiger partial charge >= 0.3 is 48.9 Å². The van der Waals surface area contributed by atoms with Gasteiger partial charge in [0, 0.05) is 22.0 Å². The van der Waals surface area contributed by atoms with Gasteiger partial charge in [0.2, 0.25) is 0 Å². The van der Waals surface area contributed by atoms with Crippen molar-refractivity contribution in [3.8, 4) is 0 Å². The van der Waals surface area contributed by atoms with Gasteiger partial charge in [0.25, 0.3) is 0 Å². The molecular formula is H2BaO6S2. The predicted octanol–water partition coefficient (Wildman–Crippen LogP) is -0.843. The number of rotatable bonds is 0. The Kier molecular flexibility index (Phi) is 22.6.